The molecule has 1 heterocycles. The van der Waals surface area contributed by atoms with E-state index in [0.29, 0.717) is 25.6 Å². The maximum Gasteiger partial charge on any atom is 0.318 e. The maximum atomic E-state index is 13.1. The van der Waals surface area contributed by atoms with Gasteiger partial charge < -0.3 is 19.7 Å². The van der Waals surface area contributed by atoms with Crippen molar-refractivity contribution >= 4 is 11.9 Å². The second-order valence-corrected chi connectivity index (χ2v) is 8.23. The lowest BCUT2D eigenvalue weighted by atomic mass is 9.96. The van der Waals surface area contributed by atoms with Gasteiger partial charge in [0.15, 0.2) is 0 Å². The Bertz CT molecular complexity index is 647. The third-order valence-electron chi connectivity index (χ3n) is 5.24. The van der Waals surface area contributed by atoms with Gasteiger partial charge in [0.2, 0.25) is 5.91 Å². The summed E-state index contributed by atoms with van der Waals surface area (Å²) in [5.74, 6) is 0.323. The highest BCUT2D eigenvalue weighted by Crippen LogP contribution is 2.17. The summed E-state index contributed by atoms with van der Waals surface area (Å²) in [5.41, 5.74) is 1.08. The highest BCUT2D eigenvalue weighted by atomic mass is 16.2. The van der Waals surface area contributed by atoms with Crippen molar-refractivity contribution in [3.8, 4) is 0 Å². The van der Waals surface area contributed by atoms with Gasteiger partial charge >= 0.3 is 6.03 Å². The zero-order valence-corrected chi connectivity index (χ0v) is 17.7. The topological polar surface area (TPSA) is 57.6 Å². The molecule has 6 nitrogen and oxygen atoms in total. The normalized spacial score (nSPS) is 14.7. The average molecular weight is 389 g/mol. The summed E-state index contributed by atoms with van der Waals surface area (Å²) >= 11 is 0. The molecule has 3 amide bonds. The number of nitrogens with one attached hydrogen (secondary N) is 1. The molecular weight excluding hydrogens is 352 g/mol. The molecule has 1 N–H and O–H groups in total. The van der Waals surface area contributed by atoms with Crippen molar-refractivity contribution in [1.82, 2.24) is 19.7 Å². The monoisotopic (exact) mass is 388 g/mol. The van der Waals surface area contributed by atoms with E-state index in [9.17, 15) is 9.59 Å². The first-order valence-electron chi connectivity index (χ1n) is 10.4. The van der Waals surface area contributed by atoms with E-state index in [0.717, 1.165) is 31.4 Å². The van der Waals surface area contributed by atoms with Crippen molar-refractivity contribution in [2.75, 3.05) is 19.6 Å². The van der Waals surface area contributed by atoms with Crippen molar-refractivity contribution in [3.05, 3.63) is 36.7 Å². The van der Waals surface area contributed by atoms with Gasteiger partial charge in [-0.25, -0.2) is 4.79 Å². The molecule has 0 spiro atoms. The number of urea groups is 1. The Morgan fingerprint density at radius 1 is 1.29 bits per heavy atom. The number of hydrogen-bond acceptors (Lipinski definition) is 2. The van der Waals surface area contributed by atoms with Gasteiger partial charge in [-0.1, -0.05) is 39.2 Å². The van der Waals surface area contributed by atoms with Gasteiger partial charge in [0.1, 0.15) is 6.54 Å². The fraction of sp³-hybridized carbons (Fsp3) is 0.636. The Balaban J connectivity index is 2.02. The molecule has 1 fully saturated rings. The van der Waals surface area contributed by atoms with Crippen LogP contribution in [0.5, 0.6) is 0 Å². The van der Waals surface area contributed by atoms with Crippen molar-refractivity contribution in [1.29, 1.82) is 0 Å². The number of amides is 3. The summed E-state index contributed by atoms with van der Waals surface area (Å²) in [4.78, 5) is 29.2. The van der Waals surface area contributed by atoms with E-state index in [-0.39, 0.29) is 24.5 Å². The summed E-state index contributed by atoms with van der Waals surface area (Å²) in [5, 5.41) is 3.11. The molecule has 1 aromatic rings. The summed E-state index contributed by atoms with van der Waals surface area (Å²) in [6.45, 7) is 9.60. The Hall–Kier alpha value is -2.24. The molecule has 156 valence electrons. The molecule has 1 saturated carbocycles. The number of carbonyl (C=O) groups excluding carboxylic acids is 2. The number of nitrogens with zero attached hydrogens (tertiary/aromatic N) is 3. The Morgan fingerprint density at radius 3 is 2.57 bits per heavy atom. The van der Waals surface area contributed by atoms with Crippen LogP contribution in [0.2, 0.25) is 0 Å². The third kappa shape index (κ3) is 6.73. The molecule has 0 unspecified atom stereocenters. The Labute approximate surface area is 169 Å². The first-order valence-corrected chi connectivity index (χ1v) is 10.4. The van der Waals surface area contributed by atoms with Crippen molar-refractivity contribution in [2.45, 2.75) is 58.5 Å². The highest BCUT2D eigenvalue weighted by molar-refractivity contribution is 5.84. The van der Waals surface area contributed by atoms with Gasteiger partial charge in [-0.3, -0.25) is 4.79 Å². The van der Waals surface area contributed by atoms with E-state index in [2.05, 4.69) is 25.7 Å². The smallest absolute Gasteiger partial charge is 0.318 e. The molecule has 28 heavy (non-hydrogen) atoms. The lowest BCUT2D eigenvalue weighted by Crippen LogP contribution is -2.50. The van der Waals surface area contributed by atoms with Crippen LogP contribution in [-0.2, 0) is 18.4 Å². The van der Waals surface area contributed by atoms with E-state index in [4.69, 9.17) is 0 Å². The van der Waals surface area contributed by atoms with Crippen molar-refractivity contribution in [3.63, 3.8) is 0 Å². The second-order valence-electron chi connectivity index (χ2n) is 8.23. The van der Waals surface area contributed by atoms with E-state index >= 15 is 0 Å². The van der Waals surface area contributed by atoms with Crippen LogP contribution in [0.25, 0.3) is 0 Å². The predicted octanol–water partition coefficient (Wildman–Crippen LogP) is 3.54. The van der Waals surface area contributed by atoms with Gasteiger partial charge in [0.25, 0.3) is 0 Å². The molecular formula is C22H36N4O2. The van der Waals surface area contributed by atoms with Gasteiger partial charge in [-0.05, 0) is 30.9 Å². The summed E-state index contributed by atoms with van der Waals surface area (Å²) in [6.07, 6.45) is 9.26. The van der Waals surface area contributed by atoms with Crippen molar-refractivity contribution < 1.29 is 9.59 Å². The summed E-state index contributed by atoms with van der Waals surface area (Å²) < 4.78 is 2.03. The SMILES string of the molecule is C=CCN(CC(=O)N(Cc1cccn1C)CC(C)C)C(=O)NC1CCCCC1. The quantitative estimate of drug-likeness (QED) is 0.658. The number of aryl methyl sites for hydroxylation is 1. The van der Waals surface area contributed by atoms with Crippen molar-refractivity contribution in [2.24, 2.45) is 13.0 Å². The fourth-order valence-corrected chi connectivity index (χ4v) is 3.70. The lowest BCUT2D eigenvalue weighted by Gasteiger charge is -2.30. The first-order chi connectivity index (χ1) is 13.4. The van der Waals surface area contributed by atoms with E-state index in [1.807, 2.05) is 34.8 Å². The minimum atomic E-state index is -0.163. The number of aromatic nitrogens is 1. The summed E-state index contributed by atoms with van der Waals surface area (Å²) in [6, 6.07) is 4.06. The fourth-order valence-electron chi connectivity index (χ4n) is 3.70. The van der Waals surface area contributed by atoms with Gasteiger partial charge in [-0.2, -0.15) is 0 Å². The molecule has 0 bridgehead atoms. The number of hydrogen-bond donors (Lipinski definition) is 1. The largest absolute Gasteiger partial charge is 0.353 e. The highest BCUT2D eigenvalue weighted by Gasteiger charge is 2.24. The van der Waals surface area contributed by atoms with Crippen LogP contribution in [0.3, 0.4) is 0 Å². The number of rotatable bonds is 9. The maximum absolute atomic E-state index is 13.1. The van der Waals surface area contributed by atoms with E-state index < -0.39 is 0 Å². The predicted molar refractivity (Wildman–Crippen MR) is 113 cm³/mol. The van der Waals surface area contributed by atoms with E-state index in [1.165, 1.54) is 6.42 Å². The van der Waals surface area contributed by atoms with Crippen LogP contribution in [0.15, 0.2) is 31.0 Å². The molecule has 0 aromatic carbocycles. The molecule has 0 saturated heterocycles. The van der Waals surface area contributed by atoms with Gasteiger partial charge in [-0.15, -0.1) is 6.58 Å². The van der Waals surface area contributed by atoms with Gasteiger partial charge in [0, 0.05) is 38.1 Å². The molecule has 0 radical (unpaired) electrons. The molecule has 1 aliphatic rings. The molecule has 1 aliphatic carbocycles. The Morgan fingerprint density at radius 2 is 2.00 bits per heavy atom. The third-order valence-corrected chi connectivity index (χ3v) is 5.24. The summed E-state index contributed by atoms with van der Waals surface area (Å²) in [7, 11) is 1.98. The molecule has 6 heteroatoms. The van der Waals surface area contributed by atoms with Crippen LogP contribution < -0.4 is 5.32 Å². The lowest BCUT2D eigenvalue weighted by molar-refractivity contribution is -0.133. The standard InChI is InChI=1S/C22H36N4O2/c1-5-13-25(22(28)23-19-10-7-6-8-11-19)17-21(27)26(15-18(2)3)16-20-12-9-14-24(20)4/h5,9,12,14,18-19H,1,6-8,10-11,13,15-17H2,2-4H3,(H,23,28). The second kappa shape index (κ2) is 10.9. The Kier molecular flexibility index (Phi) is 8.61. The van der Waals surface area contributed by atoms with Crippen LogP contribution >= 0.6 is 0 Å². The van der Waals surface area contributed by atoms with Crippen LogP contribution in [0, 0.1) is 5.92 Å². The van der Waals surface area contributed by atoms with Crippen LogP contribution in [-0.4, -0.2) is 52.0 Å². The van der Waals surface area contributed by atoms with E-state index in [1.54, 1.807) is 11.0 Å². The molecule has 1 aromatic heterocycles. The number of carbonyl (C=O) groups is 2. The first kappa shape index (κ1) is 22.1. The van der Waals surface area contributed by atoms with Crippen LogP contribution in [0.4, 0.5) is 4.79 Å². The van der Waals surface area contributed by atoms with Gasteiger partial charge in [0.05, 0.1) is 6.54 Å². The minimum Gasteiger partial charge on any atom is -0.353 e. The minimum absolute atomic E-state index is 0.0319. The molecule has 0 aliphatic heterocycles. The zero-order valence-electron chi connectivity index (χ0n) is 17.7. The molecule has 0 atom stereocenters. The zero-order chi connectivity index (χ0) is 20.5. The van der Waals surface area contributed by atoms with Crippen LogP contribution in [0.1, 0.15) is 51.6 Å². The average Bonchev–Trinajstić information content (AvgIpc) is 3.06. The molecule has 2 rings (SSSR count).